The van der Waals surface area contributed by atoms with Gasteiger partial charge in [0.05, 0.1) is 6.20 Å². The second-order valence-electron chi connectivity index (χ2n) is 7.48. The third-order valence-electron chi connectivity index (χ3n) is 4.18. The minimum Gasteiger partial charge on any atom is -0.376 e. The second kappa shape index (κ2) is 7.55. The average Bonchev–Trinajstić information content (AvgIpc) is 2.67. The maximum atomic E-state index is 11.8. The number of nitrogens with one attached hydrogen (secondary N) is 1. The Balaban J connectivity index is 2.12. The van der Waals surface area contributed by atoms with Crippen molar-refractivity contribution in [2.24, 2.45) is 0 Å². The van der Waals surface area contributed by atoms with Gasteiger partial charge in [-0.3, -0.25) is 0 Å². The topological polar surface area (TPSA) is 58.0 Å². The first kappa shape index (κ1) is 19.1. The van der Waals surface area contributed by atoms with Crippen LogP contribution < -0.4 is 5.32 Å². The molecule has 0 aliphatic heterocycles. The van der Waals surface area contributed by atoms with Crippen LogP contribution in [0, 0.1) is 0 Å². The summed E-state index contributed by atoms with van der Waals surface area (Å²) in [5.74, 6) is 0. The number of benzene rings is 2. The fourth-order valence-corrected chi connectivity index (χ4v) is 3.34. The standard InChI is InChI=1S/C22H23N3OS/c1-21(2,3)24-20(27)19-14-18(15-23-25-19)22(26,16-10-6-4-7-11-16)17-12-8-5-9-13-17/h4-15,26H,1-3H3,(H,24,27). The molecule has 0 amide bonds. The van der Waals surface area contributed by atoms with Gasteiger partial charge in [0.25, 0.3) is 0 Å². The highest BCUT2D eigenvalue weighted by atomic mass is 32.1. The molecular formula is C22H23N3OS. The van der Waals surface area contributed by atoms with E-state index >= 15 is 0 Å². The molecule has 27 heavy (non-hydrogen) atoms. The zero-order valence-corrected chi connectivity index (χ0v) is 16.5. The first-order chi connectivity index (χ1) is 12.8. The number of nitrogens with zero attached hydrogens (tertiary/aromatic N) is 2. The third kappa shape index (κ3) is 4.21. The van der Waals surface area contributed by atoms with E-state index in [1.807, 2.05) is 81.4 Å². The van der Waals surface area contributed by atoms with Crippen molar-refractivity contribution >= 4 is 17.2 Å². The number of aliphatic hydroxyl groups is 1. The van der Waals surface area contributed by atoms with Crippen molar-refractivity contribution in [2.45, 2.75) is 31.9 Å². The molecule has 3 rings (SSSR count). The van der Waals surface area contributed by atoms with Gasteiger partial charge in [0.2, 0.25) is 0 Å². The zero-order chi connectivity index (χ0) is 19.5. The average molecular weight is 378 g/mol. The minimum absolute atomic E-state index is 0.191. The van der Waals surface area contributed by atoms with Gasteiger partial charge in [-0.1, -0.05) is 72.9 Å². The fourth-order valence-electron chi connectivity index (χ4n) is 2.94. The highest BCUT2D eigenvalue weighted by Crippen LogP contribution is 2.36. The van der Waals surface area contributed by atoms with Gasteiger partial charge in [0.15, 0.2) is 0 Å². The van der Waals surface area contributed by atoms with Crippen LogP contribution in [0.2, 0.25) is 0 Å². The molecule has 1 heterocycles. The summed E-state index contributed by atoms with van der Waals surface area (Å²) in [7, 11) is 0. The Bertz CT molecular complexity index is 882. The van der Waals surface area contributed by atoms with E-state index in [1.54, 1.807) is 12.3 Å². The maximum Gasteiger partial charge on any atom is 0.142 e. The molecule has 0 spiro atoms. The van der Waals surface area contributed by atoms with Crippen LogP contribution in [0.25, 0.3) is 0 Å². The lowest BCUT2D eigenvalue weighted by Crippen LogP contribution is -2.40. The van der Waals surface area contributed by atoms with Gasteiger partial charge in [-0.15, -0.1) is 5.10 Å². The molecule has 2 aromatic carbocycles. The van der Waals surface area contributed by atoms with Crippen LogP contribution in [0.4, 0.5) is 0 Å². The lowest BCUT2D eigenvalue weighted by atomic mass is 9.81. The van der Waals surface area contributed by atoms with Crippen LogP contribution in [0.5, 0.6) is 0 Å². The van der Waals surface area contributed by atoms with Crippen molar-refractivity contribution in [3.8, 4) is 0 Å². The van der Waals surface area contributed by atoms with Crippen molar-refractivity contribution in [1.29, 1.82) is 0 Å². The Labute approximate surface area is 165 Å². The molecule has 3 aromatic rings. The molecule has 0 unspecified atom stereocenters. The summed E-state index contributed by atoms with van der Waals surface area (Å²) in [6, 6.07) is 20.9. The van der Waals surface area contributed by atoms with Gasteiger partial charge in [-0.25, -0.2) is 0 Å². The SMILES string of the molecule is CC(C)(C)NC(=S)c1cc(C(O)(c2ccccc2)c2ccccc2)cnn1. The molecule has 0 saturated carbocycles. The number of aromatic nitrogens is 2. The first-order valence-electron chi connectivity index (χ1n) is 8.80. The Morgan fingerprint density at radius 2 is 1.41 bits per heavy atom. The summed E-state index contributed by atoms with van der Waals surface area (Å²) in [5, 5.41) is 23.3. The van der Waals surface area contributed by atoms with Crippen molar-refractivity contribution in [3.05, 3.63) is 95.3 Å². The van der Waals surface area contributed by atoms with Gasteiger partial charge in [-0.2, -0.15) is 5.10 Å². The summed E-state index contributed by atoms with van der Waals surface area (Å²) in [5.41, 5.74) is 1.11. The molecule has 2 N–H and O–H groups in total. The van der Waals surface area contributed by atoms with Crippen LogP contribution in [-0.4, -0.2) is 25.8 Å². The minimum atomic E-state index is -1.36. The van der Waals surface area contributed by atoms with Gasteiger partial charge < -0.3 is 10.4 Å². The van der Waals surface area contributed by atoms with Crippen LogP contribution in [0.15, 0.2) is 72.9 Å². The molecule has 0 bridgehead atoms. The molecule has 0 radical (unpaired) electrons. The Kier molecular flexibility index (Phi) is 5.35. The molecule has 1 aromatic heterocycles. The quantitative estimate of drug-likeness (QED) is 0.677. The van der Waals surface area contributed by atoms with Crippen molar-refractivity contribution < 1.29 is 5.11 Å². The second-order valence-corrected chi connectivity index (χ2v) is 7.88. The molecule has 4 nitrogen and oxygen atoms in total. The highest BCUT2D eigenvalue weighted by Gasteiger charge is 2.34. The normalized spacial score (nSPS) is 11.9. The van der Waals surface area contributed by atoms with Crippen molar-refractivity contribution in [1.82, 2.24) is 15.5 Å². The highest BCUT2D eigenvalue weighted by molar-refractivity contribution is 7.80. The summed E-state index contributed by atoms with van der Waals surface area (Å²) in [4.78, 5) is 0.500. The van der Waals surface area contributed by atoms with Crippen LogP contribution in [0.3, 0.4) is 0 Å². The Morgan fingerprint density at radius 3 is 1.89 bits per heavy atom. The molecule has 138 valence electrons. The molecule has 0 atom stereocenters. The Hall–Kier alpha value is -2.63. The monoisotopic (exact) mass is 377 g/mol. The Morgan fingerprint density at radius 1 is 0.889 bits per heavy atom. The molecular weight excluding hydrogens is 354 g/mol. The van der Waals surface area contributed by atoms with Gasteiger partial charge >= 0.3 is 0 Å². The van der Waals surface area contributed by atoms with Gasteiger partial charge in [0.1, 0.15) is 16.3 Å². The maximum absolute atomic E-state index is 11.8. The smallest absolute Gasteiger partial charge is 0.142 e. The number of rotatable bonds is 4. The number of hydrogen-bond acceptors (Lipinski definition) is 4. The molecule has 0 aliphatic rings. The van der Waals surface area contributed by atoms with Gasteiger partial charge in [-0.05, 0) is 38.0 Å². The molecule has 0 aliphatic carbocycles. The van der Waals surface area contributed by atoms with E-state index < -0.39 is 5.60 Å². The molecule has 0 saturated heterocycles. The zero-order valence-electron chi connectivity index (χ0n) is 15.7. The van der Waals surface area contributed by atoms with E-state index in [2.05, 4.69) is 15.5 Å². The largest absolute Gasteiger partial charge is 0.376 e. The summed E-state index contributed by atoms with van der Waals surface area (Å²) in [6.07, 6.45) is 1.59. The predicted molar refractivity (Wildman–Crippen MR) is 112 cm³/mol. The van der Waals surface area contributed by atoms with E-state index in [-0.39, 0.29) is 5.54 Å². The lowest BCUT2D eigenvalue weighted by Gasteiger charge is -2.30. The van der Waals surface area contributed by atoms with Crippen LogP contribution >= 0.6 is 12.2 Å². The lowest BCUT2D eigenvalue weighted by molar-refractivity contribution is 0.125. The van der Waals surface area contributed by atoms with Crippen molar-refractivity contribution in [2.75, 3.05) is 0 Å². The summed E-state index contributed by atoms with van der Waals surface area (Å²) < 4.78 is 0. The first-order valence-corrected chi connectivity index (χ1v) is 9.21. The van der Waals surface area contributed by atoms with E-state index in [9.17, 15) is 5.11 Å². The van der Waals surface area contributed by atoms with Crippen LogP contribution in [0.1, 0.15) is 43.2 Å². The third-order valence-corrected chi connectivity index (χ3v) is 4.49. The fraction of sp³-hybridized carbons (Fsp3) is 0.227. The van der Waals surface area contributed by atoms with Gasteiger partial charge in [0, 0.05) is 11.1 Å². The van der Waals surface area contributed by atoms with E-state index in [1.165, 1.54) is 0 Å². The predicted octanol–water partition coefficient (Wildman–Crippen LogP) is 3.82. The molecule has 0 fully saturated rings. The van der Waals surface area contributed by atoms with Crippen molar-refractivity contribution in [3.63, 3.8) is 0 Å². The summed E-state index contributed by atoms with van der Waals surface area (Å²) >= 11 is 5.49. The van der Waals surface area contributed by atoms with Crippen LogP contribution in [-0.2, 0) is 5.60 Å². The number of hydrogen-bond donors (Lipinski definition) is 2. The van der Waals surface area contributed by atoms with E-state index in [4.69, 9.17) is 12.2 Å². The van der Waals surface area contributed by atoms with E-state index in [0.29, 0.717) is 16.2 Å². The summed E-state index contributed by atoms with van der Waals surface area (Å²) in [6.45, 7) is 6.09. The number of thiocarbonyl (C=S) groups is 1. The molecule has 5 heteroatoms. The van der Waals surface area contributed by atoms with E-state index in [0.717, 1.165) is 11.1 Å².